The highest BCUT2D eigenvalue weighted by atomic mass is 16.5. The number of ether oxygens (including phenoxy) is 2. The number of rotatable bonds is 7. The molecule has 1 heterocycles. The van der Waals surface area contributed by atoms with Gasteiger partial charge in [0.25, 0.3) is 5.91 Å². The zero-order valence-corrected chi connectivity index (χ0v) is 16.1. The number of nitrogens with one attached hydrogen (secondary N) is 2. The van der Waals surface area contributed by atoms with Gasteiger partial charge < -0.3 is 20.1 Å². The van der Waals surface area contributed by atoms with E-state index in [1.807, 2.05) is 50.2 Å². The summed E-state index contributed by atoms with van der Waals surface area (Å²) >= 11 is 0. The fraction of sp³-hybridized carbons (Fsp3) is 0.182. The zero-order chi connectivity index (χ0) is 19.9. The monoisotopic (exact) mass is 377 g/mol. The van der Waals surface area contributed by atoms with Crippen molar-refractivity contribution in [2.24, 2.45) is 0 Å². The Morgan fingerprint density at radius 1 is 0.929 bits per heavy atom. The molecule has 144 valence electrons. The molecule has 1 aromatic heterocycles. The largest absolute Gasteiger partial charge is 0.497 e. The van der Waals surface area contributed by atoms with Crippen molar-refractivity contribution in [3.05, 3.63) is 72.6 Å². The lowest BCUT2D eigenvalue weighted by molar-refractivity contribution is 0.102. The van der Waals surface area contributed by atoms with Crippen molar-refractivity contribution >= 4 is 23.0 Å². The number of amides is 1. The summed E-state index contributed by atoms with van der Waals surface area (Å²) in [5.41, 5.74) is 2.70. The van der Waals surface area contributed by atoms with Crippen LogP contribution in [0, 0.1) is 0 Å². The molecule has 0 radical (unpaired) electrons. The number of nitrogens with zero attached hydrogens (tertiary/aromatic N) is 1. The van der Waals surface area contributed by atoms with Crippen molar-refractivity contribution in [2.45, 2.75) is 20.0 Å². The van der Waals surface area contributed by atoms with E-state index >= 15 is 0 Å². The Balaban J connectivity index is 1.68. The number of benzene rings is 2. The number of anilines is 3. The zero-order valence-electron chi connectivity index (χ0n) is 16.1. The average molecular weight is 377 g/mol. The standard InChI is InChI=1S/C22H23N3O3/c1-15(2)28-20-9-7-17(8-10-20)25-22(26)16-11-19(14-23-13-16)24-18-5-4-6-21(12-18)27-3/h4-15,24H,1-3H3,(H,25,26). The summed E-state index contributed by atoms with van der Waals surface area (Å²) in [6, 6.07) is 16.6. The molecule has 0 atom stereocenters. The van der Waals surface area contributed by atoms with Crippen LogP contribution < -0.4 is 20.1 Å². The first-order valence-electron chi connectivity index (χ1n) is 8.97. The molecule has 0 aliphatic rings. The van der Waals surface area contributed by atoms with Gasteiger partial charge in [0, 0.05) is 23.6 Å². The van der Waals surface area contributed by atoms with E-state index in [2.05, 4.69) is 15.6 Å². The molecule has 0 bridgehead atoms. The number of methoxy groups -OCH3 is 1. The van der Waals surface area contributed by atoms with Crippen molar-refractivity contribution in [3.8, 4) is 11.5 Å². The topological polar surface area (TPSA) is 72.5 Å². The van der Waals surface area contributed by atoms with E-state index in [0.29, 0.717) is 16.9 Å². The number of carbonyl (C=O) groups is 1. The molecule has 0 saturated carbocycles. The summed E-state index contributed by atoms with van der Waals surface area (Å²) in [4.78, 5) is 16.7. The fourth-order valence-electron chi connectivity index (χ4n) is 2.59. The normalized spacial score (nSPS) is 10.4. The van der Waals surface area contributed by atoms with Crippen molar-refractivity contribution in [3.63, 3.8) is 0 Å². The summed E-state index contributed by atoms with van der Waals surface area (Å²) in [7, 11) is 1.62. The lowest BCUT2D eigenvalue weighted by atomic mass is 10.2. The lowest BCUT2D eigenvalue weighted by Crippen LogP contribution is -2.12. The molecule has 0 spiro atoms. The van der Waals surface area contributed by atoms with E-state index in [-0.39, 0.29) is 12.0 Å². The first-order chi connectivity index (χ1) is 13.5. The van der Waals surface area contributed by atoms with Crippen LogP contribution in [0.2, 0.25) is 0 Å². The number of aromatic nitrogens is 1. The predicted molar refractivity (Wildman–Crippen MR) is 111 cm³/mol. The van der Waals surface area contributed by atoms with Gasteiger partial charge in [-0.2, -0.15) is 0 Å². The smallest absolute Gasteiger partial charge is 0.257 e. The average Bonchev–Trinajstić information content (AvgIpc) is 2.69. The predicted octanol–water partition coefficient (Wildman–Crippen LogP) is 4.87. The van der Waals surface area contributed by atoms with Crippen molar-refractivity contribution in [1.82, 2.24) is 4.98 Å². The molecule has 6 nitrogen and oxygen atoms in total. The molecule has 3 rings (SSSR count). The first-order valence-corrected chi connectivity index (χ1v) is 8.97. The first kappa shape index (κ1) is 19.2. The van der Waals surface area contributed by atoms with Crippen molar-refractivity contribution in [1.29, 1.82) is 0 Å². The molecule has 2 aromatic carbocycles. The summed E-state index contributed by atoms with van der Waals surface area (Å²) in [6.07, 6.45) is 3.29. The fourth-order valence-corrected chi connectivity index (χ4v) is 2.59. The Bertz CT molecular complexity index is 940. The van der Waals surface area contributed by atoms with Gasteiger partial charge in [0.1, 0.15) is 11.5 Å². The maximum Gasteiger partial charge on any atom is 0.257 e. The molecule has 3 aromatic rings. The third-order valence-corrected chi connectivity index (χ3v) is 3.84. The maximum atomic E-state index is 12.6. The van der Waals surface area contributed by atoms with Gasteiger partial charge in [0.2, 0.25) is 0 Å². The highest BCUT2D eigenvalue weighted by Crippen LogP contribution is 2.22. The van der Waals surface area contributed by atoms with E-state index in [1.54, 1.807) is 31.5 Å². The molecule has 0 fully saturated rings. The van der Waals surface area contributed by atoms with Crippen LogP contribution in [0.4, 0.5) is 17.1 Å². The van der Waals surface area contributed by atoms with Gasteiger partial charge in [-0.25, -0.2) is 0 Å². The quantitative estimate of drug-likeness (QED) is 0.614. The Labute approximate surface area is 164 Å². The Morgan fingerprint density at radius 2 is 1.71 bits per heavy atom. The number of hydrogen-bond acceptors (Lipinski definition) is 5. The molecule has 0 saturated heterocycles. The SMILES string of the molecule is COc1cccc(Nc2cncc(C(=O)Nc3ccc(OC(C)C)cc3)c2)c1. The molecule has 28 heavy (non-hydrogen) atoms. The molecule has 6 heteroatoms. The Hall–Kier alpha value is -3.54. The van der Waals surface area contributed by atoms with Gasteiger partial charge in [-0.05, 0) is 56.3 Å². The van der Waals surface area contributed by atoms with Crippen LogP contribution in [0.3, 0.4) is 0 Å². The number of pyridine rings is 1. The van der Waals surface area contributed by atoms with Gasteiger partial charge >= 0.3 is 0 Å². The third-order valence-electron chi connectivity index (χ3n) is 3.84. The van der Waals surface area contributed by atoms with Crippen LogP contribution in [0.1, 0.15) is 24.2 Å². The van der Waals surface area contributed by atoms with Gasteiger partial charge in [-0.15, -0.1) is 0 Å². The molecular weight excluding hydrogens is 354 g/mol. The van der Waals surface area contributed by atoms with Gasteiger partial charge in [0.15, 0.2) is 0 Å². The molecule has 1 amide bonds. The Morgan fingerprint density at radius 3 is 2.43 bits per heavy atom. The maximum absolute atomic E-state index is 12.6. The number of carbonyl (C=O) groups excluding carboxylic acids is 1. The summed E-state index contributed by atoms with van der Waals surface area (Å²) in [5.74, 6) is 1.27. The molecule has 2 N–H and O–H groups in total. The van der Waals surface area contributed by atoms with E-state index in [4.69, 9.17) is 9.47 Å². The molecular formula is C22H23N3O3. The summed E-state index contributed by atoms with van der Waals surface area (Å²) in [5, 5.41) is 6.09. The summed E-state index contributed by atoms with van der Waals surface area (Å²) < 4.78 is 10.8. The van der Waals surface area contributed by atoms with Crippen LogP contribution in [-0.4, -0.2) is 24.1 Å². The molecule has 0 unspecified atom stereocenters. The van der Waals surface area contributed by atoms with Crippen LogP contribution in [0.15, 0.2) is 67.0 Å². The van der Waals surface area contributed by atoms with Crippen LogP contribution >= 0.6 is 0 Å². The third kappa shape index (κ3) is 5.23. The van der Waals surface area contributed by atoms with Crippen molar-refractivity contribution < 1.29 is 14.3 Å². The highest BCUT2D eigenvalue weighted by Gasteiger charge is 2.09. The van der Waals surface area contributed by atoms with Gasteiger partial charge in [0.05, 0.1) is 30.7 Å². The second kappa shape index (κ2) is 8.90. The number of hydrogen-bond donors (Lipinski definition) is 2. The second-order valence-corrected chi connectivity index (χ2v) is 6.46. The minimum absolute atomic E-state index is 0.103. The minimum atomic E-state index is -0.237. The van der Waals surface area contributed by atoms with E-state index in [0.717, 1.165) is 17.2 Å². The second-order valence-electron chi connectivity index (χ2n) is 6.46. The van der Waals surface area contributed by atoms with Crippen molar-refractivity contribution in [2.75, 3.05) is 17.7 Å². The minimum Gasteiger partial charge on any atom is -0.497 e. The van der Waals surface area contributed by atoms with E-state index in [9.17, 15) is 4.79 Å². The molecule has 0 aliphatic heterocycles. The van der Waals surface area contributed by atoms with Crippen LogP contribution in [-0.2, 0) is 0 Å². The lowest BCUT2D eigenvalue weighted by Gasteiger charge is -2.11. The van der Waals surface area contributed by atoms with Crippen LogP contribution in [0.25, 0.3) is 0 Å². The van der Waals surface area contributed by atoms with E-state index in [1.165, 1.54) is 6.20 Å². The van der Waals surface area contributed by atoms with E-state index < -0.39 is 0 Å². The summed E-state index contributed by atoms with van der Waals surface area (Å²) in [6.45, 7) is 3.93. The molecule has 0 aliphatic carbocycles. The van der Waals surface area contributed by atoms with Gasteiger partial charge in [-0.3, -0.25) is 9.78 Å². The highest BCUT2D eigenvalue weighted by molar-refractivity contribution is 6.04. The van der Waals surface area contributed by atoms with Crippen LogP contribution in [0.5, 0.6) is 11.5 Å². The Kier molecular flexibility index (Phi) is 6.11. The van der Waals surface area contributed by atoms with Gasteiger partial charge in [-0.1, -0.05) is 6.07 Å².